The minimum Gasteiger partial charge on any atom is -0.497 e. The van der Waals surface area contributed by atoms with Crippen molar-refractivity contribution in [3.63, 3.8) is 0 Å². The third kappa shape index (κ3) is 5.15. The van der Waals surface area contributed by atoms with Crippen LogP contribution in [0.5, 0.6) is 5.75 Å². The van der Waals surface area contributed by atoms with Crippen LogP contribution in [0.2, 0.25) is 0 Å². The molecule has 3 rings (SSSR count). The van der Waals surface area contributed by atoms with Crippen molar-refractivity contribution >= 4 is 32.7 Å². The van der Waals surface area contributed by atoms with Crippen LogP contribution >= 0.6 is 11.3 Å². The van der Waals surface area contributed by atoms with Gasteiger partial charge in [0.15, 0.2) is 0 Å². The summed E-state index contributed by atoms with van der Waals surface area (Å²) in [7, 11) is -1.64. The van der Waals surface area contributed by atoms with Crippen LogP contribution in [0.4, 0.5) is 0 Å². The molecule has 0 atom stereocenters. The molecule has 27 heavy (non-hydrogen) atoms. The molecule has 0 bridgehead atoms. The SMILES string of the molecule is COc1cccc(C(=O)c2ccc(C3=CCCC(CNS(C)(=O)=O)=C3)s2)c1. The largest absolute Gasteiger partial charge is 0.497 e. The molecule has 1 aromatic carbocycles. The maximum Gasteiger partial charge on any atom is 0.208 e. The van der Waals surface area contributed by atoms with Gasteiger partial charge >= 0.3 is 0 Å². The number of ketones is 1. The summed E-state index contributed by atoms with van der Waals surface area (Å²) in [6, 6.07) is 10.9. The molecule has 0 spiro atoms. The summed E-state index contributed by atoms with van der Waals surface area (Å²) in [5.74, 6) is 0.614. The maximum atomic E-state index is 12.7. The van der Waals surface area contributed by atoms with Crippen molar-refractivity contribution in [3.05, 3.63) is 69.4 Å². The zero-order valence-corrected chi connectivity index (χ0v) is 16.8. The predicted octanol–water partition coefficient (Wildman–Crippen LogP) is 3.64. The molecule has 5 nitrogen and oxygen atoms in total. The standard InChI is InChI=1S/C20H21NO4S2/c1-25-17-8-4-7-16(12-17)20(22)19-10-9-18(26-19)15-6-3-5-14(11-15)13-21-27(2,23)24/h4,6-12,21H,3,5,13H2,1-2H3. The topological polar surface area (TPSA) is 72.5 Å². The van der Waals surface area contributed by atoms with Gasteiger partial charge in [-0.25, -0.2) is 13.1 Å². The highest BCUT2D eigenvalue weighted by atomic mass is 32.2. The molecule has 1 heterocycles. The number of thiophene rings is 1. The van der Waals surface area contributed by atoms with E-state index in [9.17, 15) is 13.2 Å². The fourth-order valence-corrected chi connectivity index (χ4v) is 4.25. The molecular weight excluding hydrogens is 382 g/mol. The number of nitrogens with one attached hydrogen (secondary N) is 1. The van der Waals surface area contributed by atoms with Gasteiger partial charge in [0.2, 0.25) is 15.8 Å². The fraction of sp³-hybridized carbons (Fsp3) is 0.250. The van der Waals surface area contributed by atoms with Crippen LogP contribution in [0.25, 0.3) is 5.57 Å². The lowest BCUT2D eigenvalue weighted by molar-refractivity contribution is 0.104. The van der Waals surface area contributed by atoms with E-state index in [4.69, 9.17) is 4.74 Å². The summed E-state index contributed by atoms with van der Waals surface area (Å²) < 4.78 is 30.3. The second-order valence-electron chi connectivity index (χ2n) is 6.32. The van der Waals surface area contributed by atoms with Gasteiger partial charge in [0.05, 0.1) is 18.2 Å². The second-order valence-corrected chi connectivity index (χ2v) is 9.24. The highest BCUT2D eigenvalue weighted by Crippen LogP contribution is 2.31. The molecule has 0 saturated carbocycles. The molecule has 7 heteroatoms. The maximum absolute atomic E-state index is 12.7. The summed E-state index contributed by atoms with van der Waals surface area (Å²) in [6.45, 7) is 0.317. The first kappa shape index (κ1) is 19.5. The minimum atomic E-state index is -3.21. The Labute approximate surface area is 163 Å². The number of rotatable bonds is 7. The van der Waals surface area contributed by atoms with Gasteiger partial charge in [-0.3, -0.25) is 4.79 Å². The zero-order chi connectivity index (χ0) is 19.4. The van der Waals surface area contributed by atoms with E-state index in [-0.39, 0.29) is 5.78 Å². The molecule has 0 saturated heterocycles. The number of benzene rings is 1. The Kier molecular flexibility index (Phi) is 5.94. The van der Waals surface area contributed by atoms with Gasteiger partial charge < -0.3 is 4.74 Å². The molecule has 1 N–H and O–H groups in total. The van der Waals surface area contributed by atoms with Crippen molar-refractivity contribution in [1.82, 2.24) is 4.72 Å². The smallest absolute Gasteiger partial charge is 0.208 e. The third-order valence-electron chi connectivity index (χ3n) is 4.20. The number of hydrogen-bond acceptors (Lipinski definition) is 5. The number of sulfonamides is 1. The van der Waals surface area contributed by atoms with Crippen LogP contribution < -0.4 is 9.46 Å². The third-order valence-corrected chi connectivity index (χ3v) is 6.00. The van der Waals surface area contributed by atoms with Gasteiger partial charge in [-0.1, -0.05) is 29.9 Å². The molecule has 0 amide bonds. The summed E-state index contributed by atoms with van der Waals surface area (Å²) >= 11 is 1.44. The van der Waals surface area contributed by atoms with Crippen LogP contribution in [0.3, 0.4) is 0 Å². The van der Waals surface area contributed by atoms with Crippen LogP contribution in [0, 0.1) is 0 Å². The van der Waals surface area contributed by atoms with Gasteiger partial charge in [-0.15, -0.1) is 11.3 Å². The normalized spacial score (nSPS) is 14.4. The van der Waals surface area contributed by atoms with Crippen molar-refractivity contribution in [2.45, 2.75) is 12.8 Å². The number of carbonyl (C=O) groups excluding carboxylic acids is 1. The Morgan fingerprint density at radius 1 is 1.26 bits per heavy atom. The van der Waals surface area contributed by atoms with E-state index >= 15 is 0 Å². The Morgan fingerprint density at radius 2 is 2.07 bits per heavy atom. The molecular formula is C20H21NO4S2. The number of carbonyl (C=O) groups is 1. The molecule has 0 radical (unpaired) electrons. The lowest BCUT2D eigenvalue weighted by Gasteiger charge is -2.13. The van der Waals surface area contributed by atoms with Crippen LogP contribution in [0.1, 0.15) is 33.0 Å². The predicted molar refractivity (Wildman–Crippen MR) is 109 cm³/mol. The number of methoxy groups -OCH3 is 1. The quantitative estimate of drug-likeness (QED) is 0.717. The van der Waals surface area contributed by atoms with E-state index in [2.05, 4.69) is 10.8 Å². The first-order valence-corrected chi connectivity index (χ1v) is 11.2. The molecule has 142 valence electrons. The van der Waals surface area contributed by atoms with Crippen LogP contribution in [-0.2, 0) is 10.0 Å². The summed E-state index contributed by atoms with van der Waals surface area (Å²) in [5.41, 5.74) is 2.65. The molecule has 0 fully saturated rings. The van der Waals surface area contributed by atoms with Gasteiger partial charge in [0.1, 0.15) is 5.75 Å². The Hall–Kier alpha value is -2.22. The zero-order valence-electron chi connectivity index (χ0n) is 15.2. The van der Waals surface area contributed by atoms with E-state index in [1.54, 1.807) is 31.4 Å². The number of hydrogen-bond donors (Lipinski definition) is 1. The molecule has 2 aromatic rings. The van der Waals surface area contributed by atoms with Gasteiger partial charge in [0.25, 0.3) is 0 Å². The van der Waals surface area contributed by atoms with Crippen molar-refractivity contribution in [3.8, 4) is 5.75 Å². The van der Waals surface area contributed by atoms with Gasteiger partial charge in [-0.05, 0) is 42.7 Å². The van der Waals surface area contributed by atoms with E-state index < -0.39 is 10.0 Å². The summed E-state index contributed by atoms with van der Waals surface area (Å²) in [4.78, 5) is 14.4. The summed E-state index contributed by atoms with van der Waals surface area (Å²) in [6.07, 6.45) is 6.96. The number of allylic oxidation sites excluding steroid dienone is 3. The molecule has 0 aliphatic heterocycles. The monoisotopic (exact) mass is 403 g/mol. The number of ether oxygens (including phenoxy) is 1. The molecule has 1 aromatic heterocycles. The molecule has 0 unspecified atom stereocenters. The van der Waals surface area contributed by atoms with Crippen molar-refractivity contribution < 1.29 is 17.9 Å². The Balaban J connectivity index is 1.77. The van der Waals surface area contributed by atoms with E-state index in [0.29, 0.717) is 22.7 Å². The van der Waals surface area contributed by atoms with Gasteiger partial charge in [-0.2, -0.15) is 0 Å². The molecule has 1 aliphatic carbocycles. The van der Waals surface area contributed by atoms with Crippen molar-refractivity contribution in [2.24, 2.45) is 0 Å². The van der Waals surface area contributed by atoms with Crippen LogP contribution in [-0.4, -0.2) is 34.1 Å². The summed E-state index contributed by atoms with van der Waals surface area (Å²) in [5, 5.41) is 0. The van der Waals surface area contributed by atoms with Gasteiger partial charge in [0, 0.05) is 17.0 Å². The lowest BCUT2D eigenvalue weighted by atomic mass is 9.98. The van der Waals surface area contributed by atoms with Crippen molar-refractivity contribution in [2.75, 3.05) is 19.9 Å². The average Bonchev–Trinajstić information content (AvgIpc) is 3.16. The van der Waals surface area contributed by atoms with E-state index in [0.717, 1.165) is 35.1 Å². The Bertz CT molecular complexity index is 1020. The Morgan fingerprint density at radius 3 is 2.81 bits per heavy atom. The van der Waals surface area contributed by atoms with E-state index in [1.807, 2.05) is 18.2 Å². The minimum absolute atomic E-state index is 0.0375. The van der Waals surface area contributed by atoms with E-state index in [1.165, 1.54) is 11.3 Å². The first-order valence-electron chi connectivity index (χ1n) is 8.49. The lowest BCUT2D eigenvalue weighted by Crippen LogP contribution is -2.24. The highest BCUT2D eigenvalue weighted by Gasteiger charge is 2.15. The first-order chi connectivity index (χ1) is 12.9. The second kappa shape index (κ2) is 8.21. The van der Waals surface area contributed by atoms with Crippen LogP contribution in [0.15, 0.2) is 54.1 Å². The average molecular weight is 404 g/mol. The van der Waals surface area contributed by atoms with Crippen molar-refractivity contribution in [1.29, 1.82) is 0 Å². The fourth-order valence-electron chi connectivity index (χ4n) is 2.82. The molecule has 1 aliphatic rings. The highest BCUT2D eigenvalue weighted by molar-refractivity contribution is 7.88.